The maximum Gasteiger partial charge on any atom is 0.279 e. The number of nitrogens with two attached hydrogens (primary N) is 1. The van der Waals surface area contributed by atoms with Crippen molar-refractivity contribution >= 4 is 10.2 Å². The van der Waals surface area contributed by atoms with Crippen molar-refractivity contribution in [2.75, 3.05) is 7.05 Å². The Kier molecular flexibility index (Phi) is 4.01. The molecule has 6 heteroatoms. The van der Waals surface area contributed by atoms with Crippen LogP contribution in [-0.2, 0) is 16.8 Å². The van der Waals surface area contributed by atoms with Gasteiger partial charge in [0.2, 0.25) is 0 Å². The molecule has 3 N–H and O–H groups in total. The van der Waals surface area contributed by atoms with Crippen LogP contribution in [0.4, 0.5) is 0 Å². The summed E-state index contributed by atoms with van der Waals surface area (Å²) in [6, 6.07) is 9.64. The zero-order valence-corrected chi connectivity index (χ0v) is 11.2. The predicted octanol–water partition coefficient (Wildman–Crippen LogP) is 0.443. The Hall–Kier alpha value is -0.950. The number of nitrogens with zero attached hydrogens (tertiary/aromatic N) is 1. The van der Waals surface area contributed by atoms with Crippen molar-refractivity contribution in [2.45, 2.75) is 31.5 Å². The van der Waals surface area contributed by atoms with E-state index in [1.54, 1.807) is 7.05 Å². The lowest BCUT2D eigenvalue weighted by Gasteiger charge is -2.33. The molecule has 0 heterocycles. The summed E-state index contributed by atoms with van der Waals surface area (Å²) in [6.07, 6.45) is 1.44. The van der Waals surface area contributed by atoms with Gasteiger partial charge in [-0.05, 0) is 18.4 Å². The first kappa shape index (κ1) is 13.5. The summed E-state index contributed by atoms with van der Waals surface area (Å²) in [6.45, 7) is 0.370. The third-order valence-corrected chi connectivity index (χ3v) is 4.73. The van der Waals surface area contributed by atoms with Crippen molar-refractivity contribution < 1.29 is 8.42 Å². The largest absolute Gasteiger partial charge is 0.328 e. The fourth-order valence-corrected chi connectivity index (χ4v) is 3.10. The summed E-state index contributed by atoms with van der Waals surface area (Å²) >= 11 is 0. The minimum Gasteiger partial charge on any atom is -0.328 e. The molecule has 5 nitrogen and oxygen atoms in total. The molecule has 1 fully saturated rings. The van der Waals surface area contributed by atoms with Gasteiger partial charge in [0, 0.05) is 25.7 Å². The highest BCUT2D eigenvalue weighted by molar-refractivity contribution is 7.87. The molecule has 1 aromatic rings. The molecule has 1 aromatic carbocycles. The molecule has 0 aromatic heterocycles. The lowest BCUT2D eigenvalue weighted by atomic mass is 9.89. The fraction of sp³-hybridized carbons (Fsp3) is 0.500. The summed E-state index contributed by atoms with van der Waals surface area (Å²) in [5.74, 6) is 0. The van der Waals surface area contributed by atoms with Gasteiger partial charge in [-0.25, -0.2) is 0 Å². The molecule has 0 amide bonds. The Labute approximate surface area is 108 Å². The van der Waals surface area contributed by atoms with Gasteiger partial charge in [0.25, 0.3) is 10.2 Å². The van der Waals surface area contributed by atoms with Crippen LogP contribution in [-0.4, -0.2) is 31.9 Å². The molecule has 0 unspecified atom stereocenters. The summed E-state index contributed by atoms with van der Waals surface area (Å²) in [7, 11) is -1.84. The zero-order valence-electron chi connectivity index (χ0n) is 10.4. The van der Waals surface area contributed by atoms with Crippen molar-refractivity contribution in [1.29, 1.82) is 0 Å². The second-order valence-corrected chi connectivity index (χ2v) is 6.60. The number of rotatable bonds is 5. The molecule has 1 saturated carbocycles. The monoisotopic (exact) mass is 269 g/mol. The third kappa shape index (κ3) is 3.29. The van der Waals surface area contributed by atoms with Gasteiger partial charge in [0.15, 0.2) is 0 Å². The van der Waals surface area contributed by atoms with Crippen LogP contribution in [0.25, 0.3) is 0 Å². The molecule has 0 saturated heterocycles. The average Bonchev–Trinajstić information content (AvgIpc) is 2.28. The van der Waals surface area contributed by atoms with Crippen LogP contribution in [0.2, 0.25) is 0 Å². The van der Waals surface area contributed by atoms with Crippen LogP contribution in [0.3, 0.4) is 0 Å². The van der Waals surface area contributed by atoms with Gasteiger partial charge >= 0.3 is 0 Å². The van der Waals surface area contributed by atoms with E-state index in [9.17, 15) is 8.42 Å². The molecular weight excluding hydrogens is 250 g/mol. The molecule has 1 aliphatic carbocycles. The lowest BCUT2D eigenvalue weighted by molar-refractivity contribution is 0.318. The predicted molar refractivity (Wildman–Crippen MR) is 71.0 cm³/mol. The van der Waals surface area contributed by atoms with Gasteiger partial charge in [-0.1, -0.05) is 30.3 Å². The SMILES string of the molecule is CN(Cc1ccccc1)S(=O)(=O)NC1CC(N)C1. The molecule has 1 aliphatic rings. The van der Waals surface area contributed by atoms with Crippen LogP contribution >= 0.6 is 0 Å². The Morgan fingerprint density at radius 2 is 1.94 bits per heavy atom. The second kappa shape index (κ2) is 5.36. The maximum atomic E-state index is 12.0. The first-order chi connectivity index (χ1) is 8.47. The first-order valence-electron chi connectivity index (χ1n) is 6.00. The van der Waals surface area contributed by atoms with Gasteiger partial charge in [-0.3, -0.25) is 0 Å². The highest BCUT2D eigenvalue weighted by atomic mass is 32.2. The van der Waals surface area contributed by atoms with Gasteiger partial charge < -0.3 is 5.73 Å². The van der Waals surface area contributed by atoms with Gasteiger partial charge in [0.05, 0.1) is 0 Å². The highest BCUT2D eigenvalue weighted by Gasteiger charge is 2.31. The van der Waals surface area contributed by atoms with E-state index in [0.29, 0.717) is 6.54 Å². The Morgan fingerprint density at radius 1 is 1.33 bits per heavy atom. The quantitative estimate of drug-likeness (QED) is 0.814. The average molecular weight is 269 g/mol. The van der Waals surface area contributed by atoms with Gasteiger partial charge in [-0.15, -0.1) is 0 Å². The maximum absolute atomic E-state index is 12.0. The normalized spacial score (nSPS) is 23.9. The Balaban J connectivity index is 1.93. The van der Waals surface area contributed by atoms with Crippen LogP contribution in [0.1, 0.15) is 18.4 Å². The van der Waals surface area contributed by atoms with Crippen LogP contribution in [0, 0.1) is 0 Å². The number of hydrogen-bond donors (Lipinski definition) is 2. The van der Waals surface area contributed by atoms with Crippen LogP contribution in [0.5, 0.6) is 0 Å². The molecule has 100 valence electrons. The summed E-state index contributed by atoms with van der Waals surface area (Å²) in [5, 5.41) is 0. The van der Waals surface area contributed by atoms with E-state index in [-0.39, 0.29) is 12.1 Å². The van der Waals surface area contributed by atoms with E-state index >= 15 is 0 Å². The van der Waals surface area contributed by atoms with Crippen molar-refractivity contribution in [3.05, 3.63) is 35.9 Å². The van der Waals surface area contributed by atoms with E-state index in [1.165, 1.54) is 4.31 Å². The van der Waals surface area contributed by atoms with E-state index in [1.807, 2.05) is 30.3 Å². The van der Waals surface area contributed by atoms with Crippen LogP contribution < -0.4 is 10.5 Å². The molecule has 0 atom stereocenters. The van der Waals surface area contributed by atoms with E-state index in [2.05, 4.69) is 4.72 Å². The van der Waals surface area contributed by atoms with Crippen molar-refractivity contribution in [1.82, 2.24) is 9.03 Å². The van der Waals surface area contributed by atoms with Gasteiger partial charge in [-0.2, -0.15) is 17.4 Å². The minimum absolute atomic E-state index is 0.0109. The Morgan fingerprint density at radius 3 is 2.50 bits per heavy atom. The van der Waals surface area contributed by atoms with Crippen molar-refractivity contribution in [3.8, 4) is 0 Å². The molecule has 0 spiro atoms. The first-order valence-corrected chi connectivity index (χ1v) is 7.44. The molecule has 0 aliphatic heterocycles. The minimum atomic E-state index is -3.41. The standard InChI is InChI=1S/C12H19N3O2S/c1-15(9-10-5-3-2-4-6-10)18(16,17)14-12-7-11(13)8-12/h2-6,11-12,14H,7-9,13H2,1H3. The van der Waals surface area contributed by atoms with Crippen molar-refractivity contribution in [2.24, 2.45) is 5.73 Å². The third-order valence-electron chi connectivity index (χ3n) is 3.15. The number of hydrogen-bond acceptors (Lipinski definition) is 3. The molecule has 2 rings (SSSR count). The Bertz CT molecular complexity index is 483. The summed E-state index contributed by atoms with van der Waals surface area (Å²) < 4.78 is 28.0. The molecule has 18 heavy (non-hydrogen) atoms. The fourth-order valence-electron chi connectivity index (χ4n) is 1.98. The molecule has 0 radical (unpaired) electrons. The molecule has 0 bridgehead atoms. The van der Waals surface area contributed by atoms with E-state index in [0.717, 1.165) is 18.4 Å². The lowest BCUT2D eigenvalue weighted by Crippen LogP contribution is -2.53. The van der Waals surface area contributed by atoms with Gasteiger partial charge in [0.1, 0.15) is 0 Å². The topological polar surface area (TPSA) is 75.4 Å². The number of nitrogens with one attached hydrogen (secondary N) is 1. The van der Waals surface area contributed by atoms with E-state index < -0.39 is 10.2 Å². The number of benzene rings is 1. The second-order valence-electron chi connectivity index (χ2n) is 4.79. The smallest absolute Gasteiger partial charge is 0.279 e. The van der Waals surface area contributed by atoms with Crippen LogP contribution in [0.15, 0.2) is 30.3 Å². The summed E-state index contributed by atoms with van der Waals surface area (Å²) in [4.78, 5) is 0. The molecular formula is C12H19N3O2S. The summed E-state index contributed by atoms with van der Waals surface area (Å²) in [5.41, 5.74) is 6.61. The highest BCUT2D eigenvalue weighted by Crippen LogP contribution is 2.19. The van der Waals surface area contributed by atoms with Crippen molar-refractivity contribution in [3.63, 3.8) is 0 Å². The van der Waals surface area contributed by atoms with E-state index in [4.69, 9.17) is 5.73 Å². The zero-order chi connectivity index (χ0) is 13.2.